The summed E-state index contributed by atoms with van der Waals surface area (Å²) in [5.41, 5.74) is 0.442. The fourth-order valence-electron chi connectivity index (χ4n) is 10.6. The average Bonchev–Trinajstić information content (AvgIpc) is 3.43. The first kappa shape index (κ1) is 30.6. The van der Waals surface area contributed by atoms with E-state index in [1.54, 1.807) is 0 Å². The van der Waals surface area contributed by atoms with Gasteiger partial charge in [-0.15, -0.1) is 0 Å². The second-order valence-corrected chi connectivity index (χ2v) is 15.5. The first-order valence-electron chi connectivity index (χ1n) is 17.7. The van der Waals surface area contributed by atoms with Gasteiger partial charge in [-0.3, -0.25) is 0 Å². The van der Waals surface area contributed by atoms with Gasteiger partial charge in [0, 0.05) is 18.7 Å². The van der Waals surface area contributed by atoms with Crippen molar-refractivity contribution in [2.24, 2.45) is 46.8 Å². The number of carbonyl (C=O) groups is 1. The zero-order chi connectivity index (χ0) is 28.3. The number of fused-ring (bicyclic) bond motifs is 5. The fraction of sp³-hybridized carbons (Fsp3) is 0.971. The Kier molecular flexibility index (Phi) is 10.5. The molecule has 0 aromatic rings. The number of hydrogen-bond donors (Lipinski definition) is 3. The van der Waals surface area contributed by atoms with Gasteiger partial charge in [0.25, 0.3) is 0 Å². The van der Waals surface area contributed by atoms with Crippen LogP contribution in [0.25, 0.3) is 0 Å². The van der Waals surface area contributed by atoms with Crippen LogP contribution < -0.4 is 10.6 Å². The first-order valence-corrected chi connectivity index (χ1v) is 17.7. The quantitative estimate of drug-likeness (QED) is 0.242. The van der Waals surface area contributed by atoms with Crippen LogP contribution in [-0.2, 0) is 4.74 Å². The number of aliphatic hydroxyl groups excluding tert-OH is 1. The summed E-state index contributed by atoms with van der Waals surface area (Å²) in [6.07, 6.45) is 22.0. The third-order valence-corrected chi connectivity index (χ3v) is 12.8. The summed E-state index contributed by atoms with van der Waals surface area (Å²) in [4.78, 5) is 12.9. The van der Waals surface area contributed by atoms with Crippen molar-refractivity contribution in [3.8, 4) is 0 Å². The number of urea groups is 1. The molecule has 5 aliphatic rings. The fourth-order valence-corrected chi connectivity index (χ4v) is 10.6. The summed E-state index contributed by atoms with van der Waals surface area (Å²) < 4.78 is 6.80. The van der Waals surface area contributed by atoms with Gasteiger partial charge in [-0.25, -0.2) is 4.79 Å². The van der Waals surface area contributed by atoms with E-state index in [-0.39, 0.29) is 6.03 Å². The molecule has 1 saturated heterocycles. The zero-order valence-corrected chi connectivity index (χ0v) is 26.3. The van der Waals surface area contributed by atoms with Crippen molar-refractivity contribution in [3.63, 3.8) is 0 Å². The van der Waals surface area contributed by atoms with E-state index in [9.17, 15) is 9.90 Å². The molecule has 1 aliphatic heterocycles. The molecule has 0 aromatic heterocycles. The van der Waals surface area contributed by atoms with E-state index in [0.29, 0.717) is 48.1 Å². The van der Waals surface area contributed by atoms with Crippen LogP contribution in [0.3, 0.4) is 0 Å². The van der Waals surface area contributed by atoms with Gasteiger partial charge in [0.15, 0.2) is 0 Å². The van der Waals surface area contributed by atoms with E-state index in [0.717, 1.165) is 61.7 Å². The summed E-state index contributed by atoms with van der Waals surface area (Å²) >= 11 is 0. The number of ether oxygens (including phenoxy) is 1. The van der Waals surface area contributed by atoms with Gasteiger partial charge in [0.2, 0.25) is 0 Å². The molecule has 1 heterocycles. The summed E-state index contributed by atoms with van der Waals surface area (Å²) in [5, 5.41) is 16.2. The van der Waals surface area contributed by atoms with Gasteiger partial charge in [0.05, 0.1) is 12.2 Å². The third-order valence-electron chi connectivity index (χ3n) is 12.8. The van der Waals surface area contributed by atoms with Crippen LogP contribution in [0.5, 0.6) is 0 Å². The maximum atomic E-state index is 12.9. The van der Waals surface area contributed by atoms with Crippen molar-refractivity contribution in [3.05, 3.63) is 0 Å². The van der Waals surface area contributed by atoms with Crippen LogP contribution in [0.15, 0.2) is 0 Å². The SMILES string of the molecule is CCCC[C@@H](C[C@H]1CC[C@@H]2[C@H](CC[C@]3(C)C4C(C[C@@H]23)OC(CC[C@H](C)CO)[C@H]4C)C1)NC(=O)NC1CCCCC1. The predicted molar refractivity (Wildman–Crippen MR) is 163 cm³/mol. The molecule has 5 fully saturated rings. The molecule has 0 radical (unpaired) electrons. The minimum atomic E-state index is 0.0888. The topological polar surface area (TPSA) is 70.6 Å². The average molecular weight is 559 g/mol. The molecular formula is C35H62N2O3. The minimum absolute atomic E-state index is 0.0888. The molecule has 5 heteroatoms. The second kappa shape index (κ2) is 13.7. The Morgan fingerprint density at radius 1 is 1.07 bits per heavy atom. The molecule has 4 saturated carbocycles. The Balaban J connectivity index is 1.14. The molecule has 3 unspecified atom stereocenters. The summed E-state index contributed by atoms with van der Waals surface area (Å²) in [5.74, 6) is 5.08. The zero-order valence-electron chi connectivity index (χ0n) is 26.3. The minimum Gasteiger partial charge on any atom is -0.396 e. The van der Waals surface area contributed by atoms with Crippen molar-refractivity contribution in [2.45, 2.75) is 161 Å². The molecule has 3 N–H and O–H groups in total. The van der Waals surface area contributed by atoms with Crippen molar-refractivity contribution in [2.75, 3.05) is 6.61 Å². The Morgan fingerprint density at radius 2 is 1.88 bits per heavy atom. The molecule has 11 atom stereocenters. The van der Waals surface area contributed by atoms with Gasteiger partial charge in [-0.1, -0.05) is 66.2 Å². The number of amides is 2. The van der Waals surface area contributed by atoms with Crippen LogP contribution in [-0.4, -0.2) is 42.0 Å². The molecule has 0 bridgehead atoms. The van der Waals surface area contributed by atoms with Crippen molar-refractivity contribution in [1.29, 1.82) is 0 Å². The van der Waals surface area contributed by atoms with Crippen LogP contribution in [0.2, 0.25) is 0 Å². The molecule has 4 aliphatic carbocycles. The molecular weight excluding hydrogens is 496 g/mol. The van der Waals surface area contributed by atoms with E-state index in [4.69, 9.17) is 4.74 Å². The van der Waals surface area contributed by atoms with Gasteiger partial charge in [-0.2, -0.15) is 0 Å². The highest BCUT2D eigenvalue weighted by Gasteiger charge is 2.63. The summed E-state index contributed by atoms with van der Waals surface area (Å²) in [7, 11) is 0. The lowest BCUT2D eigenvalue weighted by molar-refractivity contribution is -0.0364. The lowest BCUT2D eigenvalue weighted by Crippen LogP contribution is -2.48. The van der Waals surface area contributed by atoms with Crippen molar-refractivity contribution >= 4 is 6.03 Å². The van der Waals surface area contributed by atoms with E-state index in [1.165, 1.54) is 77.0 Å². The highest BCUT2D eigenvalue weighted by atomic mass is 16.5. The Bertz CT molecular complexity index is 814. The lowest BCUT2D eigenvalue weighted by atomic mass is 9.52. The van der Waals surface area contributed by atoms with Gasteiger partial charge >= 0.3 is 6.03 Å². The molecule has 40 heavy (non-hydrogen) atoms. The molecule has 5 nitrogen and oxygen atoms in total. The Morgan fingerprint density at radius 3 is 2.62 bits per heavy atom. The molecule has 5 rings (SSSR count). The van der Waals surface area contributed by atoms with Gasteiger partial charge in [0.1, 0.15) is 0 Å². The smallest absolute Gasteiger partial charge is 0.315 e. The van der Waals surface area contributed by atoms with Crippen LogP contribution >= 0.6 is 0 Å². The standard InChI is InChI=1S/C35H62N2O3/c1-5-6-10-28(37-34(39)36-27-11-8-7-9-12-27)20-25-14-15-29-26(19-25)17-18-35(4)30(29)21-32-33(35)24(3)31(40-32)16-13-23(2)22-38/h23-33,38H,5-22H2,1-4H3,(H2,36,37,39)/t23-,24+,25-,26+,28-,29+,30-,31?,32?,33?,35-/m0/s1. The van der Waals surface area contributed by atoms with Crippen molar-refractivity contribution in [1.82, 2.24) is 10.6 Å². The maximum absolute atomic E-state index is 12.9. The summed E-state index contributed by atoms with van der Waals surface area (Å²) in [6, 6.07) is 0.792. The molecule has 2 amide bonds. The maximum Gasteiger partial charge on any atom is 0.315 e. The predicted octanol–water partition coefficient (Wildman–Crippen LogP) is 7.85. The van der Waals surface area contributed by atoms with E-state index < -0.39 is 0 Å². The van der Waals surface area contributed by atoms with E-state index in [1.807, 2.05) is 0 Å². The first-order chi connectivity index (χ1) is 19.3. The van der Waals surface area contributed by atoms with Gasteiger partial charge in [-0.05, 0) is 117 Å². The number of carbonyl (C=O) groups excluding carboxylic acids is 1. The number of nitrogens with one attached hydrogen (secondary N) is 2. The van der Waals surface area contributed by atoms with Crippen molar-refractivity contribution < 1.29 is 14.6 Å². The number of hydrogen-bond acceptors (Lipinski definition) is 3. The lowest BCUT2D eigenvalue weighted by Gasteiger charge is -2.52. The van der Waals surface area contributed by atoms with Crippen LogP contribution in [0, 0.1) is 46.8 Å². The van der Waals surface area contributed by atoms with Crippen LogP contribution in [0.4, 0.5) is 4.79 Å². The molecule has 230 valence electrons. The second-order valence-electron chi connectivity index (χ2n) is 15.5. The normalized spacial score (nSPS) is 41.0. The largest absolute Gasteiger partial charge is 0.396 e. The Labute approximate surface area is 245 Å². The van der Waals surface area contributed by atoms with E-state index >= 15 is 0 Å². The molecule has 0 spiro atoms. The van der Waals surface area contributed by atoms with Crippen LogP contribution in [0.1, 0.15) is 137 Å². The highest BCUT2D eigenvalue weighted by molar-refractivity contribution is 5.74. The summed E-state index contributed by atoms with van der Waals surface area (Å²) in [6.45, 7) is 9.83. The third kappa shape index (κ3) is 6.71. The number of rotatable bonds is 11. The molecule has 0 aromatic carbocycles. The number of unbranched alkanes of at least 4 members (excludes halogenated alkanes) is 1. The van der Waals surface area contributed by atoms with Gasteiger partial charge < -0.3 is 20.5 Å². The highest BCUT2D eigenvalue weighted by Crippen LogP contribution is 2.66. The monoisotopic (exact) mass is 558 g/mol. The Hall–Kier alpha value is -0.810. The number of aliphatic hydroxyl groups is 1. The van der Waals surface area contributed by atoms with E-state index in [2.05, 4.69) is 38.3 Å².